The largest absolute Gasteiger partial charge is 0.497 e. The van der Waals surface area contributed by atoms with E-state index in [9.17, 15) is 4.79 Å². The normalized spacial score (nSPS) is 15.4. The molecule has 1 amide bonds. The topological polar surface area (TPSA) is 42.7 Å². The second kappa shape index (κ2) is 6.16. The lowest BCUT2D eigenvalue weighted by Crippen LogP contribution is -2.35. The number of halogens is 1. The van der Waals surface area contributed by atoms with Gasteiger partial charge in [-0.25, -0.2) is 0 Å². The van der Waals surface area contributed by atoms with Crippen molar-refractivity contribution in [1.82, 2.24) is 4.90 Å². The summed E-state index contributed by atoms with van der Waals surface area (Å²) in [5, 5.41) is 0. The lowest BCUT2D eigenvalue weighted by atomic mass is 10.1. The molecule has 0 aliphatic heterocycles. The molecule has 2 aromatic rings. The minimum Gasteiger partial charge on any atom is -0.497 e. The lowest BCUT2D eigenvalue weighted by molar-refractivity contribution is 0.0651. The molecule has 0 saturated heterocycles. The minimum absolute atomic E-state index is 0.0147. The van der Waals surface area contributed by atoms with Crippen LogP contribution in [0.5, 0.6) is 5.75 Å². The number of hydrogen-bond acceptors (Lipinski definition) is 3. The molecule has 22 heavy (non-hydrogen) atoms. The van der Waals surface area contributed by atoms with Crippen LogP contribution < -0.4 is 4.74 Å². The number of carbonyl (C=O) groups excluding carboxylic acids is 1. The molecular weight excluding hydrogens is 346 g/mol. The van der Waals surface area contributed by atoms with Crippen molar-refractivity contribution in [3.63, 3.8) is 0 Å². The molecule has 1 atom stereocenters. The standard InChI is InChI=1S/C17H18BrNO3/c1-11(16-4-3-9-22-16)19(12-5-6-12)17(20)14-8-7-13(21-2)10-15(14)18/h3-4,7-12H,5-6H2,1-2H3/t11-/m0/s1. The molecule has 1 saturated carbocycles. The first-order valence-electron chi connectivity index (χ1n) is 7.31. The molecule has 1 aliphatic carbocycles. The first kappa shape index (κ1) is 15.2. The maximum atomic E-state index is 13.0. The van der Waals surface area contributed by atoms with Crippen molar-refractivity contribution in [2.24, 2.45) is 0 Å². The molecule has 3 rings (SSSR count). The highest BCUT2D eigenvalue weighted by Gasteiger charge is 2.38. The Morgan fingerprint density at radius 3 is 2.73 bits per heavy atom. The molecule has 1 heterocycles. The van der Waals surface area contributed by atoms with Gasteiger partial charge in [0.2, 0.25) is 0 Å². The van der Waals surface area contributed by atoms with Crippen LogP contribution in [0.25, 0.3) is 0 Å². The molecule has 1 aromatic carbocycles. The van der Waals surface area contributed by atoms with Crippen molar-refractivity contribution in [2.45, 2.75) is 31.8 Å². The average molecular weight is 364 g/mol. The van der Waals surface area contributed by atoms with Gasteiger partial charge >= 0.3 is 0 Å². The first-order valence-corrected chi connectivity index (χ1v) is 8.10. The summed E-state index contributed by atoms with van der Waals surface area (Å²) >= 11 is 3.47. The number of ether oxygens (including phenoxy) is 1. The average Bonchev–Trinajstić information content (AvgIpc) is 3.18. The number of carbonyl (C=O) groups is 1. The van der Waals surface area contributed by atoms with E-state index < -0.39 is 0 Å². The first-order chi connectivity index (χ1) is 10.6. The van der Waals surface area contributed by atoms with E-state index in [0.717, 1.165) is 28.8 Å². The SMILES string of the molecule is COc1ccc(C(=O)N(C2CC2)[C@@H](C)c2ccco2)c(Br)c1. The molecule has 0 N–H and O–H groups in total. The maximum absolute atomic E-state index is 13.0. The predicted octanol–water partition coefficient (Wildman–Crippen LogP) is 4.42. The fraction of sp³-hybridized carbons (Fsp3) is 0.353. The summed E-state index contributed by atoms with van der Waals surface area (Å²) in [6.07, 6.45) is 3.74. The zero-order valence-corrected chi connectivity index (χ0v) is 14.2. The quantitative estimate of drug-likeness (QED) is 0.789. The Balaban J connectivity index is 1.90. The summed E-state index contributed by atoms with van der Waals surface area (Å²) in [5.41, 5.74) is 0.645. The Bertz CT molecular complexity index is 665. The molecule has 0 unspecified atom stereocenters. The molecule has 0 radical (unpaired) electrons. The highest BCUT2D eigenvalue weighted by Crippen LogP contribution is 2.37. The third-order valence-corrected chi connectivity index (χ3v) is 4.61. The number of benzene rings is 1. The summed E-state index contributed by atoms with van der Waals surface area (Å²) in [6, 6.07) is 9.40. The third kappa shape index (κ3) is 2.90. The molecule has 1 fully saturated rings. The summed E-state index contributed by atoms with van der Waals surface area (Å²) in [7, 11) is 1.61. The van der Waals surface area contributed by atoms with Crippen LogP contribution in [-0.4, -0.2) is 24.0 Å². The number of nitrogens with zero attached hydrogens (tertiary/aromatic N) is 1. The van der Waals surface area contributed by atoms with Gasteiger partial charge in [0.15, 0.2) is 0 Å². The fourth-order valence-electron chi connectivity index (χ4n) is 2.61. The van der Waals surface area contributed by atoms with Crippen LogP contribution in [0.3, 0.4) is 0 Å². The Labute approximate surface area is 138 Å². The van der Waals surface area contributed by atoms with Crippen LogP contribution in [0.4, 0.5) is 0 Å². The number of hydrogen-bond donors (Lipinski definition) is 0. The lowest BCUT2D eigenvalue weighted by Gasteiger charge is -2.28. The van der Waals surface area contributed by atoms with Gasteiger partial charge in [0.1, 0.15) is 11.5 Å². The van der Waals surface area contributed by atoms with Crippen molar-refractivity contribution >= 4 is 21.8 Å². The number of furan rings is 1. The van der Waals surface area contributed by atoms with E-state index in [4.69, 9.17) is 9.15 Å². The van der Waals surface area contributed by atoms with Crippen LogP contribution in [0.15, 0.2) is 45.5 Å². The van der Waals surface area contributed by atoms with E-state index in [2.05, 4.69) is 15.9 Å². The van der Waals surface area contributed by atoms with Crippen molar-refractivity contribution in [3.8, 4) is 5.75 Å². The highest BCUT2D eigenvalue weighted by atomic mass is 79.9. The Morgan fingerprint density at radius 1 is 1.41 bits per heavy atom. The predicted molar refractivity (Wildman–Crippen MR) is 87.0 cm³/mol. The van der Waals surface area contributed by atoms with E-state index in [-0.39, 0.29) is 11.9 Å². The Kier molecular flexibility index (Phi) is 4.25. The van der Waals surface area contributed by atoms with Crippen LogP contribution in [0.2, 0.25) is 0 Å². The molecule has 116 valence electrons. The van der Waals surface area contributed by atoms with Gasteiger partial charge < -0.3 is 14.1 Å². The molecule has 1 aliphatic rings. The van der Waals surface area contributed by atoms with Gasteiger partial charge in [-0.3, -0.25) is 4.79 Å². The van der Waals surface area contributed by atoms with Gasteiger partial charge in [0.25, 0.3) is 5.91 Å². The maximum Gasteiger partial charge on any atom is 0.255 e. The molecule has 5 heteroatoms. The zero-order valence-electron chi connectivity index (χ0n) is 12.6. The van der Waals surface area contributed by atoms with Gasteiger partial charge in [0.05, 0.1) is 25.0 Å². The van der Waals surface area contributed by atoms with Crippen LogP contribution in [0, 0.1) is 0 Å². The summed E-state index contributed by atoms with van der Waals surface area (Å²) in [6.45, 7) is 2.01. The van der Waals surface area contributed by atoms with E-state index in [1.165, 1.54) is 0 Å². The van der Waals surface area contributed by atoms with Gasteiger partial charge in [-0.2, -0.15) is 0 Å². The minimum atomic E-state index is -0.0796. The monoisotopic (exact) mass is 363 g/mol. The van der Waals surface area contributed by atoms with E-state index in [1.54, 1.807) is 25.5 Å². The van der Waals surface area contributed by atoms with Crippen molar-refractivity contribution in [1.29, 1.82) is 0 Å². The fourth-order valence-corrected chi connectivity index (χ4v) is 3.14. The number of methoxy groups -OCH3 is 1. The van der Waals surface area contributed by atoms with Gasteiger partial charge in [-0.1, -0.05) is 0 Å². The van der Waals surface area contributed by atoms with Crippen LogP contribution >= 0.6 is 15.9 Å². The molecule has 0 bridgehead atoms. The van der Waals surface area contributed by atoms with Crippen molar-refractivity contribution in [3.05, 3.63) is 52.4 Å². The van der Waals surface area contributed by atoms with E-state index >= 15 is 0 Å². The van der Waals surface area contributed by atoms with Gasteiger partial charge in [-0.05, 0) is 66.0 Å². The van der Waals surface area contributed by atoms with Crippen molar-refractivity contribution < 1.29 is 13.9 Å². The second-order valence-corrected chi connectivity index (χ2v) is 6.34. The van der Waals surface area contributed by atoms with Crippen LogP contribution in [-0.2, 0) is 0 Å². The van der Waals surface area contributed by atoms with Crippen molar-refractivity contribution in [2.75, 3.05) is 7.11 Å². The molecule has 1 aromatic heterocycles. The Morgan fingerprint density at radius 2 is 2.18 bits per heavy atom. The Hall–Kier alpha value is -1.75. The molecular formula is C17H18BrNO3. The number of amides is 1. The highest BCUT2D eigenvalue weighted by molar-refractivity contribution is 9.10. The zero-order chi connectivity index (χ0) is 15.7. The second-order valence-electron chi connectivity index (χ2n) is 5.48. The smallest absolute Gasteiger partial charge is 0.255 e. The third-order valence-electron chi connectivity index (χ3n) is 3.95. The summed E-state index contributed by atoms with van der Waals surface area (Å²) in [4.78, 5) is 14.9. The van der Waals surface area contributed by atoms with E-state index in [1.807, 2.05) is 30.0 Å². The molecule has 0 spiro atoms. The van der Waals surface area contributed by atoms with Gasteiger partial charge in [-0.15, -0.1) is 0 Å². The summed E-state index contributed by atoms with van der Waals surface area (Å²) < 4.78 is 11.4. The van der Waals surface area contributed by atoms with Gasteiger partial charge in [0, 0.05) is 10.5 Å². The van der Waals surface area contributed by atoms with Crippen LogP contribution in [0.1, 0.15) is 41.9 Å². The van der Waals surface area contributed by atoms with E-state index in [0.29, 0.717) is 11.6 Å². The molecule has 4 nitrogen and oxygen atoms in total. The number of rotatable bonds is 5. The summed E-state index contributed by atoms with van der Waals surface area (Å²) in [5.74, 6) is 1.55.